The monoisotopic (exact) mass is 451 g/mol. The van der Waals surface area contributed by atoms with Crippen molar-refractivity contribution in [2.45, 2.75) is 52.6 Å². The molecule has 3 aromatic carbocycles. The van der Waals surface area contributed by atoms with E-state index < -0.39 is 0 Å². The van der Waals surface area contributed by atoms with Crippen LogP contribution >= 0.6 is 0 Å². The van der Waals surface area contributed by atoms with Crippen molar-refractivity contribution < 1.29 is 4.79 Å². The molecule has 0 radical (unpaired) electrons. The Bertz CT molecular complexity index is 1210. The van der Waals surface area contributed by atoms with Crippen LogP contribution in [0.5, 0.6) is 0 Å². The molecule has 1 amide bonds. The molecule has 0 aliphatic heterocycles. The lowest BCUT2D eigenvalue weighted by molar-refractivity contribution is 0.0927. The first-order valence-corrected chi connectivity index (χ1v) is 12.3. The number of benzene rings is 3. The lowest BCUT2D eigenvalue weighted by Gasteiger charge is -2.19. The molecule has 4 aromatic rings. The van der Waals surface area contributed by atoms with E-state index in [-0.39, 0.29) is 11.9 Å². The van der Waals surface area contributed by atoms with Crippen LogP contribution in [0.15, 0.2) is 84.9 Å². The molecule has 0 spiro atoms. The van der Waals surface area contributed by atoms with Crippen molar-refractivity contribution in [3.63, 3.8) is 0 Å². The molecule has 4 heteroatoms. The van der Waals surface area contributed by atoms with E-state index in [1.165, 1.54) is 5.56 Å². The summed E-state index contributed by atoms with van der Waals surface area (Å²) >= 11 is 0. The molecule has 174 valence electrons. The van der Waals surface area contributed by atoms with Gasteiger partial charge in [0.2, 0.25) is 0 Å². The topological polar surface area (TPSA) is 46.9 Å². The molecule has 34 heavy (non-hydrogen) atoms. The van der Waals surface area contributed by atoms with E-state index in [1.54, 1.807) is 0 Å². The van der Waals surface area contributed by atoms with Gasteiger partial charge in [-0.05, 0) is 30.9 Å². The highest BCUT2D eigenvalue weighted by molar-refractivity contribution is 5.99. The molecule has 1 N–H and O–H groups in total. The van der Waals surface area contributed by atoms with Gasteiger partial charge in [0.1, 0.15) is 17.2 Å². The van der Waals surface area contributed by atoms with Crippen LogP contribution in [0.3, 0.4) is 0 Å². The third kappa shape index (κ3) is 4.96. The van der Waals surface area contributed by atoms with E-state index >= 15 is 0 Å². The van der Waals surface area contributed by atoms with Gasteiger partial charge >= 0.3 is 0 Å². The van der Waals surface area contributed by atoms with Crippen LogP contribution in [0.2, 0.25) is 0 Å². The average molecular weight is 452 g/mol. The highest BCUT2D eigenvalue weighted by Gasteiger charge is 2.26. The van der Waals surface area contributed by atoms with Gasteiger partial charge in [0.05, 0.1) is 6.04 Å². The van der Waals surface area contributed by atoms with Crippen molar-refractivity contribution in [2.75, 3.05) is 0 Å². The van der Waals surface area contributed by atoms with Crippen LogP contribution in [-0.4, -0.2) is 15.5 Å². The summed E-state index contributed by atoms with van der Waals surface area (Å²) in [7, 11) is 0. The second-order valence-electron chi connectivity index (χ2n) is 8.53. The Hall–Kier alpha value is -3.66. The standard InChI is InChI=1S/C30H33N3O/c1-4-13-22-18-20-24(21-19-22)27-28(30(34)31-26(5-2)23-14-9-7-10-15-23)33(6-3)29(32-27)25-16-11-8-12-17-25/h7-12,14-21,26H,4-6,13H2,1-3H3,(H,31,34)/t26-/m0/s1. The Morgan fingerprint density at radius 3 is 2.09 bits per heavy atom. The van der Waals surface area contributed by atoms with E-state index in [2.05, 4.69) is 62.5 Å². The second kappa shape index (κ2) is 11.0. The number of nitrogens with one attached hydrogen (secondary N) is 1. The lowest BCUT2D eigenvalue weighted by Crippen LogP contribution is -2.30. The van der Waals surface area contributed by atoms with Crippen molar-refractivity contribution in [1.82, 2.24) is 14.9 Å². The zero-order valence-corrected chi connectivity index (χ0v) is 20.3. The van der Waals surface area contributed by atoms with E-state index in [1.807, 2.05) is 53.1 Å². The zero-order valence-electron chi connectivity index (χ0n) is 20.3. The maximum Gasteiger partial charge on any atom is 0.270 e. The van der Waals surface area contributed by atoms with Crippen molar-refractivity contribution in [3.05, 3.63) is 102 Å². The summed E-state index contributed by atoms with van der Waals surface area (Å²) in [6.07, 6.45) is 2.96. The van der Waals surface area contributed by atoms with Crippen LogP contribution in [-0.2, 0) is 13.0 Å². The highest BCUT2D eigenvalue weighted by Crippen LogP contribution is 2.31. The number of aryl methyl sites for hydroxylation is 1. The quantitative estimate of drug-likeness (QED) is 0.296. The molecular weight excluding hydrogens is 418 g/mol. The largest absolute Gasteiger partial charge is 0.344 e. The fourth-order valence-electron chi connectivity index (χ4n) is 4.45. The molecule has 4 nitrogen and oxygen atoms in total. The Kier molecular flexibility index (Phi) is 7.58. The van der Waals surface area contributed by atoms with Crippen LogP contribution < -0.4 is 5.32 Å². The van der Waals surface area contributed by atoms with E-state index in [0.29, 0.717) is 12.2 Å². The van der Waals surface area contributed by atoms with Gasteiger partial charge in [-0.2, -0.15) is 0 Å². The predicted molar refractivity (Wildman–Crippen MR) is 140 cm³/mol. The minimum atomic E-state index is -0.0973. The van der Waals surface area contributed by atoms with Crippen molar-refractivity contribution in [1.29, 1.82) is 0 Å². The maximum absolute atomic E-state index is 13.8. The van der Waals surface area contributed by atoms with Gasteiger partial charge in [-0.3, -0.25) is 4.79 Å². The number of carbonyl (C=O) groups excluding carboxylic acids is 1. The fourth-order valence-corrected chi connectivity index (χ4v) is 4.45. The first kappa shape index (κ1) is 23.5. The smallest absolute Gasteiger partial charge is 0.270 e. The Morgan fingerprint density at radius 2 is 1.50 bits per heavy atom. The van der Waals surface area contributed by atoms with Crippen LogP contribution in [0.25, 0.3) is 22.6 Å². The third-order valence-corrected chi connectivity index (χ3v) is 6.21. The molecule has 0 aliphatic rings. The molecule has 0 bridgehead atoms. The molecule has 0 unspecified atom stereocenters. The van der Waals surface area contributed by atoms with E-state index in [0.717, 1.165) is 47.5 Å². The molecule has 1 atom stereocenters. The Balaban J connectivity index is 1.80. The minimum absolute atomic E-state index is 0.0612. The van der Waals surface area contributed by atoms with Gasteiger partial charge in [-0.1, -0.05) is 105 Å². The summed E-state index contributed by atoms with van der Waals surface area (Å²) in [5.74, 6) is 0.716. The van der Waals surface area contributed by atoms with Crippen LogP contribution in [0.4, 0.5) is 0 Å². The number of amides is 1. The number of hydrogen-bond donors (Lipinski definition) is 1. The summed E-state index contributed by atoms with van der Waals surface area (Å²) in [5.41, 5.74) is 5.70. The first-order valence-electron chi connectivity index (χ1n) is 12.3. The number of aromatic nitrogens is 2. The van der Waals surface area contributed by atoms with Crippen LogP contribution in [0.1, 0.15) is 61.3 Å². The highest BCUT2D eigenvalue weighted by atomic mass is 16.2. The summed E-state index contributed by atoms with van der Waals surface area (Å²) in [5, 5.41) is 3.28. The van der Waals surface area contributed by atoms with Gasteiger partial charge in [-0.15, -0.1) is 0 Å². The van der Waals surface area contributed by atoms with Gasteiger partial charge < -0.3 is 9.88 Å². The SMILES string of the molecule is CCCc1ccc(-c2nc(-c3ccccc3)n(CC)c2C(=O)N[C@@H](CC)c2ccccc2)cc1. The second-order valence-corrected chi connectivity index (χ2v) is 8.53. The first-order chi connectivity index (χ1) is 16.7. The molecule has 0 saturated heterocycles. The summed E-state index contributed by atoms with van der Waals surface area (Å²) in [4.78, 5) is 18.8. The van der Waals surface area contributed by atoms with E-state index in [4.69, 9.17) is 4.98 Å². The summed E-state index contributed by atoms with van der Waals surface area (Å²) < 4.78 is 2.04. The van der Waals surface area contributed by atoms with Gasteiger partial charge in [0.25, 0.3) is 5.91 Å². The Labute approximate surface area is 202 Å². The summed E-state index contributed by atoms with van der Waals surface area (Å²) in [6.45, 7) is 6.99. The van der Waals surface area contributed by atoms with Gasteiger partial charge in [0.15, 0.2) is 0 Å². The maximum atomic E-state index is 13.8. The molecular formula is C30H33N3O. The number of carbonyl (C=O) groups is 1. The molecule has 4 rings (SSSR count). The molecule has 1 heterocycles. The molecule has 1 aromatic heterocycles. The van der Waals surface area contributed by atoms with Crippen molar-refractivity contribution in [2.24, 2.45) is 0 Å². The number of rotatable bonds is 9. The van der Waals surface area contributed by atoms with Crippen molar-refractivity contribution >= 4 is 5.91 Å². The molecule has 0 fully saturated rings. The zero-order chi connectivity index (χ0) is 23.9. The normalized spacial score (nSPS) is 11.9. The third-order valence-electron chi connectivity index (χ3n) is 6.21. The Morgan fingerprint density at radius 1 is 0.853 bits per heavy atom. The van der Waals surface area contributed by atoms with Crippen LogP contribution in [0, 0.1) is 0 Å². The fraction of sp³-hybridized carbons (Fsp3) is 0.267. The molecule has 0 saturated carbocycles. The van der Waals surface area contributed by atoms with Gasteiger partial charge in [0, 0.05) is 17.7 Å². The summed E-state index contributed by atoms with van der Waals surface area (Å²) in [6, 6.07) is 28.7. The number of hydrogen-bond acceptors (Lipinski definition) is 2. The minimum Gasteiger partial charge on any atom is -0.344 e. The van der Waals surface area contributed by atoms with Crippen molar-refractivity contribution in [3.8, 4) is 22.6 Å². The van der Waals surface area contributed by atoms with Gasteiger partial charge in [-0.25, -0.2) is 4.98 Å². The average Bonchev–Trinajstić information content (AvgIpc) is 3.28. The molecule has 0 aliphatic carbocycles. The predicted octanol–water partition coefficient (Wildman–Crippen LogP) is 7.07. The number of imidazole rings is 1. The number of nitrogens with zero attached hydrogens (tertiary/aromatic N) is 2. The van der Waals surface area contributed by atoms with E-state index in [9.17, 15) is 4.79 Å². The lowest BCUT2D eigenvalue weighted by atomic mass is 10.0.